The molecule has 0 amide bonds. The summed E-state index contributed by atoms with van der Waals surface area (Å²) in [5.74, 6) is -1.04. The minimum atomic E-state index is -0.421. The Hall–Kier alpha value is -5.05. The lowest BCUT2D eigenvalue weighted by Crippen LogP contribution is -2.36. The van der Waals surface area contributed by atoms with E-state index in [1.54, 1.807) is 29.2 Å². The second-order valence-corrected chi connectivity index (χ2v) is 17.4. The Balaban J connectivity index is 1.34. The van der Waals surface area contributed by atoms with Crippen molar-refractivity contribution in [1.29, 1.82) is 0 Å². The van der Waals surface area contributed by atoms with Crippen LogP contribution in [-0.4, -0.2) is 52.7 Å². The molecule has 1 N–H and O–H groups in total. The van der Waals surface area contributed by atoms with Gasteiger partial charge in [0.05, 0.1) is 24.6 Å². The van der Waals surface area contributed by atoms with Crippen LogP contribution in [0.4, 0.5) is 5.69 Å². The van der Waals surface area contributed by atoms with Gasteiger partial charge in [0.1, 0.15) is 18.7 Å². The van der Waals surface area contributed by atoms with Gasteiger partial charge in [-0.1, -0.05) is 210 Å². The second kappa shape index (κ2) is 30.9. The van der Waals surface area contributed by atoms with Gasteiger partial charge >= 0.3 is 11.9 Å². The number of esters is 2. The van der Waals surface area contributed by atoms with E-state index < -0.39 is 17.5 Å². The molecule has 9 heteroatoms. The number of aromatic nitrogens is 2. The first-order valence-electron chi connectivity index (χ1n) is 24.9. The molecule has 1 aromatic heterocycles. The summed E-state index contributed by atoms with van der Waals surface area (Å²) < 4.78 is 14.3. The third-order valence-electron chi connectivity index (χ3n) is 12.1. The van der Waals surface area contributed by atoms with Crippen molar-refractivity contribution in [3.63, 3.8) is 0 Å². The van der Waals surface area contributed by atoms with Crippen molar-refractivity contribution in [3.8, 4) is 17.3 Å². The molecule has 9 nitrogen and oxygen atoms in total. The fourth-order valence-corrected chi connectivity index (χ4v) is 8.28. The topological polar surface area (TPSA) is 103 Å². The van der Waals surface area contributed by atoms with Crippen LogP contribution < -0.4 is 10.5 Å². The summed E-state index contributed by atoms with van der Waals surface area (Å²) in [6, 6.07) is 25.5. The van der Waals surface area contributed by atoms with Crippen LogP contribution in [-0.2, 0) is 19.1 Å². The van der Waals surface area contributed by atoms with Crippen LogP contribution in [0.1, 0.15) is 179 Å². The number of carbonyl (C=O) groups is 2. The quantitative estimate of drug-likeness (QED) is 0.0363. The van der Waals surface area contributed by atoms with Crippen LogP contribution in [0, 0.1) is 0 Å². The molecule has 0 spiro atoms. The van der Waals surface area contributed by atoms with Gasteiger partial charge < -0.3 is 19.5 Å². The average molecular weight is 878 g/mol. The number of benzene rings is 3. The van der Waals surface area contributed by atoms with Gasteiger partial charge in [0.15, 0.2) is 0 Å². The predicted molar refractivity (Wildman–Crippen MR) is 264 cm³/mol. The molecular formula is C55H79N3O6. The first-order valence-corrected chi connectivity index (χ1v) is 24.9. The van der Waals surface area contributed by atoms with E-state index in [0.717, 1.165) is 38.5 Å². The Bertz CT molecular complexity index is 1910. The predicted octanol–water partition coefficient (Wildman–Crippen LogP) is 13.7. The number of anilines is 1. The molecule has 64 heavy (non-hydrogen) atoms. The average Bonchev–Trinajstić information content (AvgIpc) is 3.58. The zero-order valence-corrected chi connectivity index (χ0v) is 39.4. The third kappa shape index (κ3) is 18.2. The van der Waals surface area contributed by atoms with Crippen LogP contribution >= 0.6 is 0 Å². The number of nitrogens with zero attached hydrogens (tertiary/aromatic N) is 3. The molecule has 0 aliphatic carbocycles. The maximum Gasteiger partial charge on any atom is 0.325 e. The number of unbranched alkanes of at least 4 members (excludes halogenated alkanes) is 22. The Morgan fingerprint density at radius 3 is 1.27 bits per heavy atom. The van der Waals surface area contributed by atoms with E-state index in [0.29, 0.717) is 41.4 Å². The van der Waals surface area contributed by atoms with Gasteiger partial charge in [-0.2, -0.15) is 0 Å². The van der Waals surface area contributed by atoms with E-state index >= 15 is 0 Å². The van der Waals surface area contributed by atoms with Gasteiger partial charge in [-0.3, -0.25) is 14.4 Å². The molecule has 0 fully saturated rings. The Morgan fingerprint density at radius 1 is 0.516 bits per heavy atom. The fourth-order valence-electron chi connectivity index (χ4n) is 8.28. The highest BCUT2D eigenvalue weighted by Gasteiger charge is 2.25. The standard InChI is InChI=1S/C55H79N3O6/c1-4-6-8-10-12-14-16-18-20-22-24-32-42-63-51(59)44-56(45-52(60)64-43-33-25-23-21-19-17-15-13-11-9-7-5-2)48-40-38-47(39-41-48)46(3)53-54(61)57(49-34-28-26-29-35-49)58(55(53)62)50-36-30-27-31-37-50/h26-31,34-41,61H,3-25,32-33,42-45H2,1-2H3. The molecular weight excluding hydrogens is 799 g/mol. The lowest BCUT2D eigenvalue weighted by Gasteiger charge is -2.23. The molecule has 1 heterocycles. The van der Waals surface area contributed by atoms with Gasteiger partial charge in [0.2, 0.25) is 5.88 Å². The minimum absolute atomic E-state index is 0.0695. The lowest BCUT2D eigenvalue weighted by molar-refractivity contribution is -0.143. The van der Waals surface area contributed by atoms with Crippen LogP contribution in [0.25, 0.3) is 16.9 Å². The van der Waals surface area contributed by atoms with E-state index in [9.17, 15) is 19.5 Å². The summed E-state index contributed by atoms with van der Waals surface area (Å²) in [5.41, 5.74) is 2.41. The summed E-state index contributed by atoms with van der Waals surface area (Å²) in [5, 5.41) is 11.6. The number of ether oxygens (including phenoxy) is 2. The van der Waals surface area contributed by atoms with Crippen molar-refractivity contribution < 1.29 is 24.2 Å². The number of para-hydroxylation sites is 2. The van der Waals surface area contributed by atoms with Crippen LogP contribution in [0.3, 0.4) is 0 Å². The Kier molecular flexibility index (Phi) is 24.9. The molecule has 4 aromatic rings. The van der Waals surface area contributed by atoms with Crippen LogP contribution in [0.2, 0.25) is 0 Å². The first-order chi connectivity index (χ1) is 31.3. The SMILES string of the molecule is C=C(c1ccc(N(CC(=O)OCCCCCCCCCCCCCC)CC(=O)OCCCCCCCCCCCCCC)cc1)c1c(O)n(-c2ccccc2)n(-c2ccccc2)c1=O. The monoisotopic (exact) mass is 878 g/mol. The molecule has 4 rings (SSSR count). The molecule has 0 radical (unpaired) electrons. The maximum absolute atomic E-state index is 14.1. The van der Waals surface area contributed by atoms with E-state index in [2.05, 4.69) is 20.4 Å². The molecule has 0 atom stereocenters. The summed E-state index contributed by atoms with van der Waals surface area (Å²) in [7, 11) is 0. The highest BCUT2D eigenvalue weighted by atomic mass is 16.5. The van der Waals surface area contributed by atoms with Crippen LogP contribution in [0.15, 0.2) is 96.3 Å². The molecule has 350 valence electrons. The van der Waals surface area contributed by atoms with Crippen molar-refractivity contribution in [2.75, 3.05) is 31.2 Å². The first kappa shape index (κ1) is 51.6. The van der Waals surface area contributed by atoms with Crippen molar-refractivity contribution in [3.05, 3.63) is 113 Å². The number of hydrogen-bond donors (Lipinski definition) is 1. The van der Waals surface area contributed by atoms with Gasteiger partial charge in [-0.15, -0.1) is 0 Å². The highest BCUT2D eigenvalue weighted by Crippen LogP contribution is 2.32. The molecule has 0 saturated carbocycles. The van der Waals surface area contributed by atoms with Crippen molar-refractivity contribution in [2.24, 2.45) is 0 Å². The van der Waals surface area contributed by atoms with Crippen LogP contribution in [0.5, 0.6) is 5.88 Å². The van der Waals surface area contributed by atoms with Gasteiger partial charge in [-0.05, 0) is 60.4 Å². The minimum Gasteiger partial charge on any atom is -0.493 e. The zero-order chi connectivity index (χ0) is 45.6. The van der Waals surface area contributed by atoms with Gasteiger partial charge in [0.25, 0.3) is 5.56 Å². The Morgan fingerprint density at radius 2 is 0.875 bits per heavy atom. The lowest BCUT2D eigenvalue weighted by atomic mass is 10.0. The normalized spacial score (nSPS) is 11.2. The van der Waals surface area contributed by atoms with E-state index in [-0.39, 0.29) is 24.5 Å². The number of rotatable bonds is 35. The fraction of sp³-hybridized carbons (Fsp3) is 0.545. The summed E-state index contributed by atoms with van der Waals surface area (Å²) in [4.78, 5) is 42.2. The zero-order valence-electron chi connectivity index (χ0n) is 39.4. The molecule has 3 aromatic carbocycles. The number of aromatic hydroxyl groups is 1. The maximum atomic E-state index is 14.1. The van der Waals surface area contributed by atoms with Crippen molar-refractivity contribution in [1.82, 2.24) is 9.36 Å². The van der Waals surface area contributed by atoms with Crippen molar-refractivity contribution in [2.45, 2.75) is 168 Å². The summed E-state index contributed by atoms with van der Waals surface area (Å²) in [6.45, 7) is 9.22. The second-order valence-electron chi connectivity index (χ2n) is 17.4. The molecule has 0 unspecified atom stereocenters. The van der Waals surface area contributed by atoms with E-state index in [1.807, 2.05) is 60.7 Å². The molecule has 0 aliphatic rings. The smallest absolute Gasteiger partial charge is 0.325 e. The van der Waals surface area contributed by atoms with Gasteiger partial charge in [0, 0.05) is 5.69 Å². The van der Waals surface area contributed by atoms with Gasteiger partial charge in [-0.25, -0.2) is 9.36 Å². The largest absolute Gasteiger partial charge is 0.493 e. The molecule has 0 saturated heterocycles. The van der Waals surface area contributed by atoms with E-state index in [4.69, 9.17) is 9.47 Å². The highest BCUT2D eigenvalue weighted by molar-refractivity contribution is 5.84. The summed E-state index contributed by atoms with van der Waals surface area (Å²) in [6.07, 6.45) is 29.5. The number of hydrogen-bond acceptors (Lipinski definition) is 7. The molecule has 0 aliphatic heterocycles. The van der Waals surface area contributed by atoms with Crippen molar-refractivity contribution >= 4 is 23.2 Å². The summed E-state index contributed by atoms with van der Waals surface area (Å²) >= 11 is 0. The van der Waals surface area contributed by atoms with E-state index in [1.165, 1.54) is 125 Å². The number of carbonyl (C=O) groups excluding carboxylic acids is 2. The third-order valence-corrected chi connectivity index (χ3v) is 12.1. The molecule has 0 bridgehead atoms. The Labute approximate surface area is 384 Å².